The van der Waals surface area contributed by atoms with Gasteiger partial charge in [-0.2, -0.15) is 0 Å². The molecular formula is C16H27NO. The Hall–Kier alpha value is -1.57. The lowest BCUT2D eigenvalue weighted by Gasteiger charge is -1.93. The molecule has 2 aromatic heterocycles. The first-order chi connectivity index (χ1) is 8.86. The maximum atomic E-state index is 5.44. The minimum atomic E-state index is 0.898. The molecule has 0 saturated carbocycles. The van der Waals surface area contributed by atoms with E-state index < -0.39 is 0 Å². The van der Waals surface area contributed by atoms with Crippen molar-refractivity contribution in [2.75, 3.05) is 0 Å². The Morgan fingerprint density at radius 2 is 1.28 bits per heavy atom. The number of pyridine rings is 1. The maximum absolute atomic E-state index is 5.44. The van der Waals surface area contributed by atoms with Gasteiger partial charge >= 0.3 is 0 Å². The summed E-state index contributed by atoms with van der Waals surface area (Å²) in [5.74, 6) is 1.83. The number of nitrogens with zero attached hydrogens (tertiary/aromatic N) is 1. The van der Waals surface area contributed by atoms with Gasteiger partial charge in [0.2, 0.25) is 0 Å². The first kappa shape index (κ1) is 18.8. The van der Waals surface area contributed by atoms with E-state index in [2.05, 4.69) is 4.98 Å². The average Bonchev–Trinajstić information content (AvgIpc) is 2.93. The van der Waals surface area contributed by atoms with E-state index in [1.807, 2.05) is 72.7 Å². The van der Waals surface area contributed by atoms with Gasteiger partial charge in [0.25, 0.3) is 0 Å². The molecule has 2 nitrogen and oxygen atoms in total. The predicted molar refractivity (Wildman–Crippen MR) is 80.7 cm³/mol. The first-order valence-corrected chi connectivity index (χ1v) is 6.83. The molecule has 0 fully saturated rings. The van der Waals surface area contributed by atoms with Gasteiger partial charge in [-0.05, 0) is 31.2 Å². The summed E-state index contributed by atoms with van der Waals surface area (Å²) in [5, 5.41) is 0. The summed E-state index contributed by atoms with van der Waals surface area (Å²) in [5.41, 5.74) is 1.07. The zero-order valence-electron chi connectivity index (χ0n) is 12.8. The largest absolute Gasteiger partial charge is 0.461 e. The van der Waals surface area contributed by atoms with Crippen LogP contribution in [0.5, 0.6) is 0 Å². The minimum Gasteiger partial charge on any atom is -0.461 e. The number of aryl methyl sites for hydroxylation is 1. The van der Waals surface area contributed by atoms with Crippen molar-refractivity contribution < 1.29 is 4.42 Å². The van der Waals surface area contributed by atoms with Crippen LogP contribution in [0.2, 0.25) is 0 Å². The fourth-order valence-electron chi connectivity index (χ4n) is 1.11. The molecule has 18 heavy (non-hydrogen) atoms. The molecule has 0 radical (unpaired) electrons. The number of hydrogen-bond donors (Lipinski definition) is 0. The van der Waals surface area contributed by atoms with Crippen LogP contribution in [-0.4, -0.2) is 4.98 Å². The van der Waals surface area contributed by atoms with Crippen molar-refractivity contribution in [2.45, 2.75) is 48.5 Å². The lowest BCUT2D eigenvalue weighted by atomic mass is 10.2. The summed E-state index contributed by atoms with van der Waals surface area (Å²) in [6, 6.07) is 7.77. The molecular weight excluding hydrogens is 222 g/mol. The molecule has 0 spiro atoms. The highest BCUT2D eigenvalue weighted by atomic mass is 16.3. The van der Waals surface area contributed by atoms with E-state index >= 15 is 0 Å². The predicted octanol–water partition coefficient (Wildman–Crippen LogP) is 5.73. The normalized spacial score (nSPS) is 7.72. The third-order valence-electron chi connectivity index (χ3n) is 1.71. The lowest BCUT2D eigenvalue weighted by Crippen LogP contribution is -1.73. The first-order valence-electron chi connectivity index (χ1n) is 6.83. The Balaban J connectivity index is 0. The van der Waals surface area contributed by atoms with Crippen LogP contribution in [0, 0.1) is 6.92 Å². The van der Waals surface area contributed by atoms with Gasteiger partial charge in [0.15, 0.2) is 0 Å². The Kier molecular flexibility index (Phi) is 14.1. The average molecular weight is 249 g/mol. The van der Waals surface area contributed by atoms with Gasteiger partial charge in [0.1, 0.15) is 11.5 Å². The summed E-state index contributed by atoms with van der Waals surface area (Å²) < 4.78 is 5.44. The van der Waals surface area contributed by atoms with Crippen molar-refractivity contribution in [3.8, 4) is 11.3 Å². The lowest BCUT2D eigenvalue weighted by molar-refractivity contribution is 0.548. The SMILES string of the molecule is CC.CC.CC.Cc1ccc(-c2ccncc2)o1. The van der Waals surface area contributed by atoms with Crippen molar-refractivity contribution in [2.24, 2.45) is 0 Å². The molecule has 2 heteroatoms. The third-order valence-corrected chi connectivity index (χ3v) is 1.71. The van der Waals surface area contributed by atoms with E-state index in [4.69, 9.17) is 4.42 Å². The molecule has 2 heterocycles. The zero-order chi connectivity index (χ0) is 14.4. The number of aromatic nitrogens is 1. The van der Waals surface area contributed by atoms with Crippen molar-refractivity contribution >= 4 is 0 Å². The van der Waals surface area contributed by atoms with Crippen LogP contribution in [-0.2, 0) is 0 Å². The van der Waals surface area contributed by atoms with Crippen LogP contribution >= 0.6 is 0 Å². The van der Waals surface area contributed by atoms with E-state index in [1.54, 1.807) is 12.4 Å². The van der Waals surface area contributed by atoms with Gasteiger partial charge in [-0.3, -0.25) is 4.98 Å². The smallest absolute Gasteiger partial charge is 0.134 e. The monoisotopic (exact) mass is 249 g/mol. The Bertz CT molecular complexity index is 366. The summed E-state index contributed by atoms with van der Waals surface area (Å²) in [4.78, 5) is 3.94. The molecule has 0 aromatic carbocycles. The number of furan rings is 1. The second kappa shape index (κ2) is 13.5. The molecule has 2 rings (SSSR count). The molecule has 102 valence electrons. The molecule has 0 saturated heterocycles. The van der Waals surface area contributed by atoms with Crippen molar-refractivity contribution in [1.82, 2.24) is 4.98 Å². The van der Waals surface area contributed by atoms with Crippen LogP contribution in [0.15, 0.2) is 41.1 Å². The van der Waals surface area contributed by atoms with E-state index in [9.17, 15) is 0 Å². The van der Waals surface area contributed by atoms with Gasteiger partial charge in [-0.1, -0.05) is 41.5 Å². The van der Waals surface area contributed by atoms with Crippen LogP contribution in [0.1, 0.15) is 47.3 Å². The van der Waals surface area contributed by atoms with Gasteiger partial charge in [-0.25, -0.2) is 0 Å². The van der Waals surface area contributed by atoms with Gasteiger partial charge in [0.05, 0.1) is 0 Å². The van der Waals surface area contributed by atoms with Crippen LogP contribution in [0.4, 0.5) is 0 Å². The molecule has 0 amide bonds. The van der Waals surface area contributed by atoms with E-state index in [1.165, 1.54) is 0 Å². The molecule has 0 N–H and O–H groups in total. The topological polar surface area (TPSA) is 26.0 Å². The minimum absolute atomic E-state index is 0.898. The highest BCUT2D eigenvalue weighted by Crippen LogP contribution is 2.20. The fourth-order valence-corrected chi connectivity index (χ4v) is 1.11. The van der Waals surface area contributed by atoms with Gasteiger partial charge in [0, 0.05) is 18.0 Å². The Morgan fingerprint density at radius 3 is 1.67 bits per heavy atom. The summed E-state index contributed by atoms with van der Waals surface area (Å²) in [7, 11) is 0. The van der Waals surface area contributed by atoms with Crippen molar-refractivity contribution in [3.05, 3.63) is 42.4 Å². The third kappa shape index (κ3) is 6.89. The Labute approximate surface area is 112 Å². The maximum Gasteiger partial charge on any atom is 0.134 e. The zero-order valence-corrected chi connectivity index (χ0v) is 12.8. The molecule has 0 unspecified atom stereocenters. The molecule has 0 aliphatic carbocycles. The summed E-state index contributed by atoms with van der Waals surface area (Å²) in [6.45, 7) is 13.9. The molecule has 0 aliphatic heterocycles. The summed E-state index contributed by atoms with van der Waals surface area (Å²) >= 11 is 0. The van der Waals surface area contributed by atoms with Crippen LogP contribution in [0.25, 0.3) is 11.3 Å². The molecule has 0 bridgehead atoms. The van der Waals surface area contributed by atoms with Crippen molar-refractivity contribution in [3.63, 3.8) is 0 Å². The second-order valence-corrected chi connectivity index (χ2v) is 2.65. The van der Waals surface area contributed by atoms with E-state index in [0.717, 1.165) is 17.1 Å². The van der Waals surface area contributed by atoms with Crippen LogP contribution < -0.4 is 0 Å². The van der Waals surface area contributed by atoms with Crippen LogP contribution in [0.3, 0.4) is 0 Å². The number of hydrogen-bond acceptors (Lipinski definition) is 2. The fraction of sp³-hybridized carbons (Fsp3) is 0.438. The standard InChI is InChI=1S/C10H9NO.3C2H6/c1-8-2-3-10(12-8)9-4-6-11-7-5-9;3*1-2/h2-7H,1H3;3*1-2H3. The van der Waals surface area contributed by atoms with E-state index in [0.29, 0.717) is 0 Å². The Morgan fingerprint density at radius 1 is 0.778 bits per heavy atom. The summed E-state index contributed by atoms with van der Waals surface area (Å²) in [6.07, 6.45) is 3.51. The highest BCUT2D eigenvalue weighted by Gasteiger charge is 1.99. The molecule has 2 aromatic rings. The van der Waals surface area contributed by atoms with E-state index in [-0.39, 0.29) is 0 Å². The van der Waals surface area contributed by atoms with Gasteiger partial charge < -0.3 is 4.42 Å². The highest BCUT2D eigenvalue weighted by molar-refractivity contribution is 5.56. The second-order valence-electron chi connectivity index (χ2n) is 2.65. The quantitative estimate of drug-likeness (QED) is 0.645. The van der Waals surface area contributed by atoms with Crippen molar-refractivity contribution in [1.29, 1.82) is 0 Å². The number of rotatable bonds is 1. The molecule has 0 aliphatic rings. The molecule has 0 atom stereocenters. The van der Waals surface area contributed by atoms with Gasteiger partial charge in [-0.15, -0.1) is 0 Å².